The molecule has 1 aromatic rings. The molecule has 2 heterocycles. The van der Waals surface area contributed by atoms with Gasteiger partial charge in [0.05, 0.1) is 11.4 Å². The number of hydrogen-bond donors (Lipinski definition) is 1. The third kappa shape index (κ3) is 2.54. The molecule has 0 bridgehead atoms. The maximum Gasteiger partial charge on any atom is 0.246 e. The molecule has 7 heteroatoms. The normalized spacial score (nSPS) is 21.2. The predicted octanol–water partition coefficient (Wildman–Crippen LogP) is 0.267. The van der Waals surface area contributed by atoms with Crippen molar-refractivity contribution in [2.45, 2.75) is 25.2 Å². The minimum atomic E-state index is -3.41. The summed E-state index contributed by atoms with van der Waals surface area (Å²) in [5, 5.41) is 7.31. The van der Waals surface area contributed by atoms with E-state index in [1.807, 2.05) is 7.05 Å². The molecule has 0 spiro atoms. The summed E-state index contributed by atoms with van der Waals surface area (Å²) < 4.78 is 28.6. The quantitative estimate of drug-likeness (QED) is 0.862. The van der Waals surface area contributed by atoms with Crippen LogP contribution >= 0.6 is 0 Å². The second-order valence-corrected chi connectivity index (χ2v) is 7.07. The summed E-state index contributed by atoms with van der Waals surface area (Å²) in [6.07, 6.45) is 0.915. The minimum Gasteiger partial charge on any atom is -0.319 e. The summed E-state index contributed by atoms with van der Waals surface area (Å²) in [6, 6.07) is 0. The van der Waals surface area contributed by atoms with E-state index >= 15 is 0 Å². The van der Waals surface area contributed by atoms with E-state index in [0.29, 0.717) is 35.3 Å². The van der Waals surface area contributed by atoms with Gasteiger partial charge in [-0.05, 0) is 39.8 Å². The summed E-state index contributed by atoms with van der Waals surface area (Å²) in [5.41, 5.74) is 1.28. The van der Waals surface area contributed by atoms with Crippen LogP contribution in [-0.4, -0.2) is 49.2 Å². The molecule has 0 saturated carbocycles. The molecule has 0 amide bonds. The van der Waals surface area contributed by atoms with Gasteiger partial charge in [-0.1, -0.05) is 0 Å². The Morgan fingerprint density at radius 1 is 1.42 bits per heavy atom. The number of sulfonamides is 1. The highest BCUT2D eigenvalue weighted by Gasteiger charge is 2.35. The van der Waals surface area contributed by atoms with Crippen LogP contribution in [0.25, 0.3) is 0 Å². The molecule has 2 rings (SSSR count). The van der Waals surface area contributed by atoms with E-state index in [-0.39, 0.29) is 0 Å². The lowest BCUT2D eigenvalue weighted by molar-refractivity contribution is 0.450. The van der Waals surface area contributed by atoms with Crippen LogP contribution in [0.4, 0.5) is 0 Å². The fourth-order valence-electron chi connectivity index (χ4n) is 2.73. The number of aryl methyl sites for hydroxylation is 2. The first kappa shape index (κ1) is 14.5. The van der Waals surface area contributed by atoms with Crippen LogP contribution < -0.4 is 5.32 Å². The van der Waals surface area contributed by atoms with E-state index in [4.69, 9.17) is 0 Å². The first-order valence-corrected chi connectivity index (χ1v) is 7.97. The first-order valence-electron chi connectivity index (χ1n) is 6.53. The van der Waals surface area contributed by atoms with E-state index in [2.05, 4.69) is 10.4 Å². The van der Waals surface area contributed by atoms with Gasteiger partial charge in [-0.15, -0.1) is 0 Å². The predicted molar refractivity (Wildman–Crippen MR) is 73.5 cm³/mol. The molecule has 1 fully saturated rings. The highest BCUT2D eigenvalue weighted by Crippen LogP contribution is 2.27. The molecule has 19 heavy (non-hydrogen) atoms. The van der Waals surface area contributed by atoms with Crippen molar-refractivity contribution in [2.24, 2.45) is 13.0 Å². The van der Waals surface area contributed by atoms with Crippen molar-refractivity contribution in [3.05, 3.63) is 11.4 Å². The smallest absolute Gasteiger partial charge is 0.246 e. The van der Waals surface area contributed by atoms with Gasteiger partial charge >= 0.3 is 0 Å². The maximum absolute atomic E-state index is 12.7. The molecule has 0 aromatic carbocycles. The van der Waals surface area contributed by atoms with Crippen LogP contribution in [0.1, 0.15) is 17.8 Å². The number of rotatable bonds is 4. The second-order valence-electron chi connectivity index (χ2n) is 5.20. The minimum absolute atomic E-state index is 0.375. The van der Waals surface area contributed by atoms with Crippen molar-refractivity contribution < 1.29 is 8.42 Å². The number of hydrogen-bond acceptors (Lipinski definition) is 4. The van der Waals surface area contributed by atoms with E-state index < -0.39 is 10.0 Å². The van der Waals surface area contributed by atoms with Crippen LogP contribution in [0.2, 0.25) is 0 Å². The number of nitrogens with zero attached hydrogens (tertiary/aromatic N) is 3. The third-order valence-electron chi connectivity index (χ3n) is 3.78. The largest absolute Gasteiger partial charge is 0.319 e. The topological polar surface area (TPSA) is 67.2 Å². The molecule has 1 aliphatic rings. The Kier molecular flexibility index (Phi) is 3.98. The summed E-state index contributed by atoms with van der Waals surface area (Å²) in [5.74, 6) is 0.400. The van der Waals surface area contributed by atoms with Crippen LogP contribution in [-0.2, 0) is 17.1 Å². The molecule has 1 aliphatic heterocycles. The molecular weight excluding hydrogens is 264 g/mol. The molecule has 1 N–H and O–H groups in total. The van der Waals surface area contributed by atoms with Gasteiger partial charge in [-0.3, -0.25) is 4.68 Å². The second kappa shape index (κ2) is 5.22. The average molecular weight is 286 g/mol. The van der Waals surface area contributed by atoms with Crippen LogP contribution in [0, 0.1) is 19.8 Å². The van der Waals surface area contributed by atoms with Crippen molar-refractivity contribution in [3.63, 3.8) is 0 Å². The van der Waals surface area contributed by atoms with Crippen molar-refractivity contribution >= 4 is 10.0 Å². The van der Waals surface area contributed by atoms with Crippen molar-refractivity contribution in [1.29, 1.82) is 0 Å². The van der Waals surface area contributed by atoms with E-state index in [1.54, 1.807) is 29.9 Å². The fourth-order valence-corrected chi connectivity index (χ4v) is 4.66. The average Bonchev–Trinajstić information content (AvgIpc) is 2.87. The van der Waals surface area contributed by atoms with Crippen LogP contribution in [0.5, 0.6) is 0 Å². The molecule has 1 saturated heterocycles. The lowest BCUT2D eigenvalue weighted by Crippen LogP contribution is -2.31. The van der Waals surface area contributed by atoms with Crippen molar-refractivity contribution in [1.82, 2.24) is 19.4 Å². The Bertz CT molecular complexity index is 565. The van der Waals surface area contributed by atoms with Gasteiger partial charge in [-0.2, -0.15) is 9.40 Å². The Balaban J connectivity index is 2.29. The van der Waals surface area contributed by atoms with Crippen molar-refractivity contribution in [2.75, 3.05) is 26.7 Å². The SMILES string of the molecule is CNC[C@H]1CCN(S(=O)(=O)c2c(C)nn(C)c2C)C1. The van der Waals surface area contributed by atoms with E-state index in [1.165, 1.54) is 0 Å². The van der Waals surface area contributed by atoms with Gasteiger partial charge in [0, 0.05) is 20.1 Å². The van der Waals surface area contributed by atoms with E-state index in [0.717, 1.165) is 13.0 Å². The maximum atomic E-state index is 12.7. The van der Waals surface area contributed by atoms with Gasteiger partial charge in [-0.25, -0.2) is 8.42 Å². The van der Waals surface area contributed by atoms with Gasteiger partial charge < -0.3 is 5.32 Å². The van der Waals surface area contributed by atoms with Crippen molar-refractivity contribution in [3.8, 4) is 0 Å². The molecule has 1 atom stereocenters. The molecule has 1 aromatic heterocycles. The summed E-state index contributed by atoms with van der Waals surface area (Å²) in [6.45, 7) is 5.60. The Morgan fingerprint density at radius 3 is 2.63 bits per heavy atom. The van der Waals surface area contributed by atoms with Gasteiger partial charge in [0.15, 0.2) is 0 Å². The van der Waals surface area contributed by atoms with Gasteiger partial charge in [0.1, 0.15) is 4.90 Å². The Labute approximate surface area is 114 Å². The standard InChI is InChI=1S/C12H22N4O2S/c1-9-12(10(2)15(4)14-9)19(17,18)16-6-5-11(8-16)7-13-3/h11,13H,5-8H2,1-4H3/t11-/m1/s1. The molecule has 108 valence electrons. The van der Waals surface area contributed by atoms with Crippen LogP contribution in [0.15, 0.2) is 4.90 Å². The summed E-state index contributed by atoms with van der Waals surface area (Å²) >= 11 is 0. The number of nitrogens with one attached hydrogen (secondary N) is 1. The molecular formula is C12H22N4O2S. The lowest BCUT2D eigenvalue weighted by Gasteiger charge is -2.17. The molecule has 0 aliphatic carbocycles. The zero-order chi connectivity index (χ0) is 14.2. The zero-order valence-corrected chi connectivity index (χ0v) is 12.8. The zero-order valence-electron chi connectivity index (χ0n) is 12.0. The first-order chi connectivity index (χ1) is 8.87. The molecule has 0 unspecified atom stereocenters. The third-order valence-corrected chi connectivity index (χ3v) is 5.90. The summed E-state index contributed by atoms with van der Waals surface area (Å²) in [4.78, 5) is 0.375. The van der Waals surface area contributed by atoms with Gasteiger partial charge in [0.25, 0.3) is 0 Å². The van der Waals surface area contributed by atoms with Gasteiger partial charge in [0.2, 0.25) is 10.0 Å². The lowest BCUT2D eigenvalue weighted by atomic mass is 10.1. The summed E-state index contributed by atoms with van der Waals surface area (Å²) in [7, 11) is 0.260. The van der Waals surface area contributed by atoms with E-state index in [9.17, 15) is 8.42 Å². The molecule has 0 radical (unpaired) electrons. The number of aromatic nitrogens is 2. The monoisotopic (exact) mass is 286 g/mol. The van der Waals surface area contributed by atoms with Crippen LogP contribution in [0.3, 0.4) is 0 Å². The molecule has 6 nitrogen and oxygen atoms in total. The highest BCUT2D eigenvalue weighted by molar-refractivity contribution is 7.89. The Morgan fingerprint density at radius 2 is 2.11 bits per heavy atom. The Hall–Kier alpha value is -0.920. The highest BCUT2D eigenvalue weighted by atomic mass is 32.2. The fraction of sp³-hybridized carbons (Fsp3) is 0.750.